The lowest BCUT2D eigenvalue weighted by Crippen LogP contribution is -2.17. The van der Waals surface area contributed by atoms with E-state index in [9.17, 15) is 0 Å². The maximum Gasteiger partial charge on any atom is 0.227 e. The highest BCUT2D eigenvalue weighted by atomic mass is 16.4. The van der Waals surface area contributed by atoms with Gasteiger partial charge in [-0.3, -0.25) is 0 Å². The number of oxazole rings is 1. The van der Waals surface area contributed by atoms with Crippen molar-refractivity contribution in [3.05, 3.63) is 181 Å². The largest absolute Gasteiger partial charge is 0.456 e. The summed E-state index contributed by atoms with van der Waals surface area (Å²) in [5.74, 6) is 0.569. The van der Waals surface area contributed by atoms with Crippen molar-refractivity contribution in [3.8, 4) is 33.7 Å². The Morgan fingerprint density at radius 2 is 1.20 bits per heavy atom. The van der Waals surface area contributed by atoms with Crippen LogP contribution in [0.15, 0.2) is 179 Å². The normalized spacial score (nSPS) is 13.1. The first-order valence-electron chi connectivity index (χ1n) is 18.5. The average molecular weight is 695 g/mol. The molecule has 0 atom stereocenters. The Bertz CT molecular complexity index is 3100. The van der Waals surface area contributed by atoms with Gasteiger partial charge in [0.2, 0.25) is 5.89 Å². The number of fused-ring (bicyclic) bond motifs is 8. The molecule has 2 aromatic heterocycles. The first-order chi connectivity index (χ1) is 26.5. The minimum absolute atomic E-state index is 0.182. The third-order valence-electron chi connectivity index (χ3n) is 11.3. The van der Waals surface area contributed by atoms with Crippen LogP contribution in [0.25, 0.3) is 77.5 Å². The number of para-hydroxylation sites is 1. The Labute approximate surface area is 312 Å². The molecular formula is C50H34N2O2. The molecule has 1 aliphatic rings. The van der Waals surface area contributed by atoms with Gasteiger partial charge in [0.1, 0.15) is 16.7 Å². The Morgan fingerprint density at radius 1 is 0.481 bits per heavy atom. The van der Waals surface area contributed by atoms with E-state index in [1.54, 1.807) is 0 Å². The predicted octanol–water partition coefficient (Wildman–Crippen LogP) is 14.0. The van der Waals surface area contributed by atoms with Crippen molar-refractivity contribution in [2.75, 3.05) is 4.90 Å². The summed E-state index contributed by atoms with van der Waals surface area (Å²) in [6.45, 7) is 4.66. The lowest BCUT2D eigenvalue weighted by atomic mass is 9.82. The molecule has 54 heavy (non-hydrogen) atoms. The highest BCUT2D eigenvalue weighted by molar-refractivity contribution is 6.20. The van der Waals surface area contributed by atoms with Gasteiger partial charge in [0.25, 0.3) is 0 Å². The molecule has 10 aromatic rings. The number of hydrogen-bond acceptors (Lipinski definition) is 4. The molecule has 8 aromatic carbocycles. The van der Waals surface area contributed by atoms with Crippen molar-refractivity contribution in [1.82, 2.24) is 4.98 Å². The van der Waals surface area contributed by atoms with E-state index in [1.165, 1.54) is 33.0 Å². The SMILES string of the molecule is CC1(C)c2ccccc2-c2ccc(N(c3cccc(-c4ccc5ccccc5c4)c3)c3c4nc(-c5ccccc5)oc4cc4oc5ccccc5c34)cc21. The minimum atomic E-state index is -0.182. The Kier molecular flexibility index (Phi) is 6.56. The molecule has 0 amide bonds. The number of nitrogens with zero attached hydrogens (tertiary/aromatic N) is 2. The van der Waals surface area contributed by atoms with Gasteiger partial charge in [-0.1, -0.05) is 129 Å². The molecule has 0 N–H and O–H groups in total. The fraction of sp³-hybridized carbons (Fsp3) is 0.0600. The maximum atomic E-state index is 6.61. The van der Waals surface area contributed by atoms with E-state index >= 15 is 0 Å². The van der Waals surface area contributed by atoms with Crippen molar-refractivity contribution < 1.29 is 8.83 Å². The van der Waals surface area contributed by atoms with Gasteiger partial charge in [-0.25, -0.2) is 4.98 Å². The summed E-state index contributed by atoms with van der Waals surface area (Å²) in [5, 5.41) is 4.45. The number of aromatic nitrogens is 1. The molecule has 0 saturated carbocycles. The summed E-state index contributed by atoms with van der Waals surface area (Å²) in [4.78, 5) is 7.66. The predicted molar refractivity (Wildman–Crippen MR) is 222 cm³/mol. The molecule has 11 rings (SSSR count). The van der Waals surface area contributed by atoms with Crippen LogP contribution in [0, 0.1) is 0 Å². The van der Waals surface area contributed by atoms with Gasteiger partial charge in [0.05, 0.1) is 11.1 Å². The molecule has 0 spiro atoms. The van der Waals surface area contributed by atoms with E-state index in [1.807, 2.05) is 48.5 Å². The van der Waals surface area contributed by atoms with Gasteiger partial charge in [0.15, 0.2) is 5.58 Å². The van der Waals surface area contributed by atoms with Gasteiger partial charge in [-0.05, 0) is 92.7 Å². The Balaban J connectivity index is 1.22. The Hall–Kier alpha value is -6.91. The van der Waals surface area contributed by atoms with Gasteiger partial charge < -0.3 is 13.7 Å². The third kappa shape index (κ3) is 4.60. The first kappa shape index (κ1) is 30.7. The van der Waals surface area contributed by atoms with Crippen LogP contribution in [0.5, 0.6) is 0 Å². The molecule has 0 aliphatic heterocycles. The zero-order valence-corrected chi connectivity index (χ0v) is 29.9. The molecule has 0 unspecified atom stereocenters. The maximum absolute atomic E-state index is 6.61. The molecular weight excluding hydrogens is 661 g/mol. The van der Waals surface area contributed by atoms with E-state index in [0.717, 1.165) is 61.2 Å². The smallest absolute Gasteiger partial charge is 0.227 e. The van der Waals surface area contributed by atoms with Crippen LogP contribution in [0.2, 0.25) is 0 Å². The second-order valence-electron chi connectivity index (χ2n) is 14.8. The highest BCUT2D eigenvalue weighted by Gasteiger charge is 2.36. The van der Waals surface area contributed by atoms with Crippen LogP contribution in [-0.2, 0) is 5.41 Å². The molecule has 0 saturated heterocycles. The monoisotopic (exact) mass is 694 g/mol. The van der Waals surface area contributed by atoms with Crippen molar-refractivity contribution >= 4 is 60.9 Å². The number of rotatable bonds is 5. The number of furan rings is 1. The van der Waals surface area contributed by atoms with Crippen LogP contribution in [-0.4, -0.2) is 4.98 Å². The molecule has 2 heterocycles. The van der Waals surface area contributed by atoms with E-state index in [0.29, 0.717) is 11.5 Å². The standard InChI is InChI=1S/C50H34N2O2/c1-50(2)41-21-10-8-19-38(41)39-26-25-37(29-42(39)50)52(36-18-12-17-34(28-36)35-24-23-31-13-6-7-16-33(31)27-35)48-46-40-20-9-11-22-43(40)53-44(46)30-45-47(48)51-49(54-45)32-14-4-3-5-15-32/h3-30H,1-2H3. The number of anilines is 3. The summed E-state index contributed by atoms with van der Waals surface area (Å²) < 4.78 is 13.2. The molecule has 0 radical (unpaired) electrons. The van der Waals surface area contributed by atoms with E-state index in [4.69, 9.17) is 13.8 Å². The second-order valence-corrected chi connectivity index (χ2v) is 14.8. The number of hydrogen-bond donors (Lipinski definition) is 0. The summed E-state index contributed by atoms with van der Waals surface area (Å²) in [7, 11) is 0. The first-order valence-corrected chi connectivity index (χ1v) is 18.5. The average Bonchev–Trinajstić information content (AvgIpc) is 3.88. The number of benzene rings is 8. The lowest BCUT2D eigenvalue weighted by molar-refractivity contribution is 0.617. The fourth-order valence-electron chi connectivity index (χ4n) is 8.60. The highest BCUT2D eigenvalue weighted by Crippen LogP contribution is 2.53. The van der Waals surface area contributed by atoms with Crippen LogP contribution in [0.3, 0.4) is 0 Å². The molecule has 4 nitrogen and oxygen atoms in total. The zero-order valence-electron chi connectivity index (χ0n) is 29.9. The lowest BCUT2D eigenvalue weighted by Gasteiger charge is -2.29. The fourth-order valence-corrected chi connectivity index (χ4v) is 8.60. The second kappa shape index (κ2) is 11.5. The molecule has 256 valence electrons. The van der Waals surface area contributed by atoms with Gasteiger partial charge in [-0.15, -0.1) is 0 Å². The summed E-state index contributed by atoms with van der Waals surface area (Å²) in [5.41, 5.74) is 14.2. The quantitative estimate of drug-likeness (QED) is 0.180. The van der Waals surface area contributed by atoms with Crippen molar-refractivity contribution in [3.63, 3.8) is 0 Å². The Morgan fingerprint density at radius 3 is 2.11 bits per heavy atom. The summed E-state index contributed by atoms with van der Waals surface area (Å²) in [6, 6.07) is 60.2. The zero-order chi connectivity index (χ0) is 36.0. The summed E-state index contributed by atoms with van der Waals surface area (Å²) in [6.07, 6.45) is 0. The summed E-state index contributed by atoms with van der Waals surface area (Å²) >= 11 is 0. The van der Waals surface area contributed by atoms with Crippen molar-refractivity contribution in [1.29, 1.82) is 0 Å². The van der Waals surface area contributed by atoms with Gasteiger partial charge >= 0.3 is 0 Å². The van der Waals surface area contributed by atoms with Crippen LogP contribution in [0.1, 0.15) is 25.0 Å². The van der Waals surface area contributed by atoms with E-state index in [-0.39, 0.29) is 5.41 Å². The molecule has 1 aliphatic carbocycles. The third-order valence-corrected chi connectivity index (χ3v) is 11.3. The van der Waals surface area contributed by atoms with Crippen LogP contribution in [0.4, 0.5) is 17.1 Å². The van der Waals surface area contributed by atoms with E-state index in [2.05, 4.69) is 140 Å². The van der Waals surface area contributed by atoms with E-state index < -0.39 is 0 Å². The van der Waals surface area contributed by atoms with Crippen molar-refractivity contribution in [2.24, 2.45) is 0 Å². The van der Waals surface area contributed by atoms with Gasteiger partial charge in [-0.2, -0.15) is 0 Å². The topological polar surface area (TPSA) is 42.4 Å². The minimum Gasteiger partial charge on any atom is -0.456 e. The molecule has 4 heteroatoms. The van der Waals surface area contributed by atoms with Crippen LogP contribution < -0.4 is 4.90 Å². The van der Waals surface area contributed by atoms with Crippen LogP contribution >= 0.6 is 0 Å². The van der Waals surface area contributed by atoms with Crippen molar-refractivity contribution in [2.45, 2.75) is 19.3 Å². The van der Waals surface area contributed by atoms with Gasteiger partial charge in [0, 0.05) is 33.8 Å². The molecule has 0 bridgehead atoms. The molecule has 0 fully saturated rings.